The highest BCUT2D eigenvalue weighted by Gasteiger charge is 2.28. The van der Waals surface area contributed by atoms with Crippen LogP contribution in [0.15, 0.2) is 18.2 Å². The van der Waals surface area contributed by atoms with Gasteiger partial charge in [-0.15, -0.1) is 0 Å². The van der Waals surface area contributed by atoms with Crippen LogP contribution >= 0.6 is 0 Å². The van der Waals surface area contributed by atoms with Crippen LogP contribution in [0.3, 0.4) is 0 Å². The van der Waals surface area contributed by atoms with Crippen LogP contribution < -0.4 is 5.73 Å². The van der Waals surface area contributed by atoms with E-state index in [1.807, 2.05) is 0 Å². The molecule has 2 saturated heterocycles. The number of hydrogen-bond acceptors (Lipinski definition) is 3. The van der Waals surface area contributed by atoms with E-state index in [0.29, 0.717) is 11.6 Å². The summed E-state index contributed by atoms with van der Waals surface area (Å²) in [5, 5.41) is 7.64. The van der Waals surface area contributed by atoms with E-state index in [2.05, 4.69) is 9.80 Å². The molecule has 1 atom stereocenters. The van der Waals surface area contributed by atoms with Crippen LogP contribution in [0.4, 0.5) is 4.39 Å². The lowest BCUT2D eigenvalue weighted by Gasteiger charge is -2.26. The molecule has 114 valence electrons. The molecule has 0 radical (unpaired) electrons. The molecular formula is C16H23FN4. The van der Waals surface area contributed by atoms with E-state index in [9.17, 15) is 4.39 Å². The summed E-state index contributed by atoms with van der Waals surface area (Å²) in [5.41, 5.74) is 7.08. The molecule has 5 heteroatoms. The highest BCUT2D eigenvalue weighted by molar-refractivity contribution is 5.96. The second-order valence-electron chi connectivity index (χ2n) is 6.14. The number of amidine groups is 1. The van der Waals surface area contributed by atoms with Crippen molar-refractivity contribution >= 4 is 5.84 Å². The van der Waals surface area contributed by atoms with Crippen molar-refractivity contribution in [3.05, 3.63) is 35.1 Å². The predicted octanol–water partition coefficient (Wildman–Crippen LogP) is 1.78. The molecule has 1 unspecified atom stereocenters. The third-order valence-corrected chi connectivity index (χ3v) is 4.64. The molecule has 0 aromatic heterocycles. The standard InChI is InChI=1S/C16H23FN4/c17-13-5-4-12(15(9-13)16(18)19)10-20-6-2-8-21-7-1-3-14(21)11-20/h4-5,9,14H,1-3,6-8,10-11H2,(H3,18,19). The first-order valence-corrected chi connectivity index (χ1v) is 7.73. The number of rotatable bonds is 3. The monoisotopic (exact) mass is 290 g/mol. The maximum Gasteiger partial charge on any atom is 0.123 e. The van der Waals surface area contributed by atoms with Gasteiger partial charge < -0.3 is 5.73 Å². The predicted molar refractivity (Wildman–Crippen MR) is 81.9 cm³/mol. The second-order valence-corrected chi connectivity index (χ2v) is 6.14. The van der Waals surface area contributed by atoms with E-state index in [-0.39, 0.29) is 11.7 Å². The van der Waals surface area contributed by atoms with Crippen LogP contribution in [0.1, 0.15) is 30.4 Å². The van der Waals surface area contributed by atoms with Crippen molar-refractivity contribution in [2.24, 2.45) is 5.73 Å². The normalized spacial score (nSPS) is 23.8. The SMILES string of the molecule is N=C(N)c1cc(F)ccc1CN1CCCN2CCCC2C1. The molecular weight excluding hydrogens is 267 g/mol. The quantitative estimate of drug-likeness (QED) is 0.659. The number of hydrogen-bond donors (Lipinski definition) is 2. The summed E-state index contributed by atoms with van der Waals surface area (Å²) in [5.74, 6) is -0.386. The van der Waals surface area contributed by atoms with Crippen molar-refractivity contribution in [3.8, 4) is 0 Å². The minimum absolute atomic E-state index is 0.0539. The Bertz CT molecular complexity index is 531. The van der Waals surface area contributed by atoms with E-state index in [4.69, 9.17) is 11.1 Å². The summed E-state index contributed by atoms with van der Waals surface area (Å²) in [6.07, 6.45) is 3.75. The molecule has 1 aromatic rings. The number of nitrogens with one attached hydrogen (secondary N) is 1. The number of halogens is 1. The maximum absolute atomic E-state index is 13.4. The van der Waals surface area contributed by atoms with Gasteiger partial charge in [0, 0.05) is 24.7 Å². The fourth-order valence-corrected chi connectivity index (χ4v) is 3.60. The third kappa shape index (κ3) is 3.24. The van der Waals surface area contributed by atoms with Gasteiger partial charge in [-0.05, 0) is 56.6 Å². The smallest absolute Gasteiger partial charge is 0.123 e. The Morgan fingerprint density at radius 1 is 1.29 bits per heavy atom. The first kappa shape index (κ1) is 14.5. The molecule has 2 fully saturated rings. The molecule has 2 heterocycles. The Morgan fingerprint density at radius 3 is 2.90 bits per heavy atom. The fraction of sp³-hybridized carbons (Fsp3) is 0.562. The maximum atomic E-state index is 13.4. The molecule has 3 rings (SSSR count). The summed E-state index contributed by atoms with van der Waals surface area (Å²) in [4.78, 5) is 5.02. The molecule has 0 bridgehead atoms. The molecule has 4 nitrogen and oxygen atoms in total. The van der Waals surface area contributed by atoms with Crippen molar-refractivity contribution in [2.75, 3.05) is 26.2 Å². The van der Waals surface area contributed by atoms with Gasteiger partial charge in [-0.2, -0.15) is 0 Å². The van der Waals surface area contributed by atoms with Gasteiger partial charge in [-0.3, -0.25) is 15.2 Å². The van der Waals surface area contributed by atoms with E-state index >= 15 is 0 Å². The number of fused-ring (bicyclic) bond motifs is 1. The highest BCUT2D eigenvalue weighted by Crippen LogP contribution is 2.23. The summed E-state index contributed by atoms with van der Waals surface area (Å²) in [6, 6.07) is 5.26. The lowest BCUT2D eigenvalue weighted by Crippen LogP contribution is -2.36. The highest BCUT2D eigenvalue weighted by atomic mass is 19.1. The van der Waals surface area contributed by atoms with Gasteiger partial charge >= 0.3 is 0 Å². The molecule has 0 aliphatic carbocycles. The zero-order valence-electron chi connectivity index (χ0n) is 12.3. The van der Waals surface area contributed by atoms with Gasteiger partial charge in [0.15, 0.2) is 0 Å². The van der Waals surface area contributed by atoms with Crippen molar-refractivity contribution < 1.29 is 4.39 Å². The van der Waals surface area contributed by atoms with E-state index in [0.717, 1.165) is 25.2 Å². The van der Waals surface area contributed by atoms with Gasteiger partial charge in [-0.25, -0.2) is 4.39 Å². The number of nitrogens with two attached hydrogens (primary N) is 1. The summed E-state index contributed by atoms with van der Waals surface area (Å²) in [7, 11) is 0. The average Bonchev–Trinajstić information content (AvgIpc) is 2.79. The average molecular weight is 290 g/mol. The second kappa shape index (κ2) is 6.12. The minimum atomic E-state index is -0.332. The lowest BCUT2D eigenvalue weighted by molar-refractivity contribution is 0.215. The fourth-order valence-electron chi connectivity index (χ4n) is 3.60. The first-order valence-electron chi connectivity index (χ1n) is 7.73. The molecule has 0 saturated carbocycles. The number of nitrogen functional groups attached to an aromatic ring is 1. The van der Waals surface area contributed by atoms with Crippen LogP contribution in [0.2, 0.25) is 0 Å². The molecule has 0 spiro atoms. The van der Waals surface area contributed by atoms with Gasteiger partial charge in [-0.1, -0.05) is 6.07 Å². The van der Waals surface area contributed by atoms with E-state index in [1.165, 1.54) is 44.5 Å². The molecule has 21 heavy (non-hydrogen) atoms. The van der Waals surface area contributed by atoms with Crippen molar-refractivity contribution in [1.82, 2.24) is 9.80 Å². The van der Waals surface area contributed by atoms with Crippen LogP contribution in [-0.2, 0) is 6.54 Å². The Balaban J connectivity index is 1.75. The van der Waals surface area contributed by atoms with Crippen molar-refractivity contribution in [3.63, 3.8) is 0 Å². The molecule has 2 aliphatic rings. The van der Waals surface area contributed by atoms with Gasteiger partial charge in [0.05, 0.1) is 0 Å². The van der Waals surface area contributed by atoms with Crippen LogP contribution in [0, 0.1) is 11.2 Å². The lowest BCUT2D eigenvalue weighted by atomic mass is 10.1. The minimum Gasteiger partial charge on any atom is -0.384 e. The molecule has 1 aromatic carbocycles. The summed E-state index contributed by atoms with van der Waals surface area (Å²) in [6.45, 7) is 5.29. The molecule has 2 aliphatic heterocycles. The first-order chi connectivity index (χ1) is 10.1. The Hall–Kier alpha value is -1.46. The Morgan fingerprint density at radius 2 is 2.10 bits per heavy atom. The number of nitrogens with zero attached hydrogens (tertiary/aromatic N) is 2. The van der Waals surface area contributed by atoms with Crippen LogP contribution in [-0.4, -0.2) is 47.9 Å². The van der Waals surface area contributed by atoms with E-state index < -0.39 is 0 Å². The number of benzene rings is 1. The van der Waals surface area contributed by atoms with Gasteiger partial charge in [0.1, 0.15) is 11.7 Å². The van der Waals surface area contributed by atoms with Crippen molar-refractivity contribution in [1.29, 1.82) is 5.41 Å². The summed E-state index contributed by atoms with van der Waals surface area (Å²) < 4.78 is 13.4. The third-order valence-electron chi connectivity index (χ3n) is 4.64. The zero-order chi connectivity index (χ0) is 14.8. The van der Waals surface area contributed by atoms with Crippen LogP contribution in [0.25, 0.3) is 0 Å². The van der Waals surface area contributed by atoms with Gasteiger partial charge in [0.2, 0.25) is 0 Å². The topological polar surface area (TPSA) is 56.4 Å². The van der Waals surface area contributed by atoms with Crippen molar-refractivity contribution in [2.45, 2.75) is 31.8 Å². The summed E-state index contributed by atoms with van der Waals surface area (Å²) >= 11 is 0. The Labute approximate surface area is 125 Å². The Kier molecular flexibility index (Phi) is 4.22. The van der Waals surface area contributed by atoms with Crippen LogP contribution in [0.5, 0.6) is 0 Å². The molecule has 3 N–H and O–H groups in total. The largest absolute Gasteiger partial charge is 0.384 e. The zero-order valence-corrected chi connectivity index (χ0v) is 12.3. The molecule has 0 amide bonds. The van der Waals surface area contributed by atoms with Gasteiger partial charge in [0.25, 0.3) is 0 Å². The van der Waals surface area contributed by atoms with E-state index in [1.54, 1.807) is 6.07 Å².